The van der Waals surface area contributed by atoms with Gasteiger partial charge in [-0.1, -0.05) is 29.8 Å². The Balaban J connectivity index is 1.83. The summed E-state index contributed by atoms with van der Waals surface area (Å²) in [7, 11) is 0. The first kappa shape index (κ1) is 27.5. The molecule has 192 valence electrons. The number of halogens is 4. The molecule has 1 fully saturated rings. The minimum atomic E-state index is -3.22. The van der Waals surface area contributed by atoms with Crippen LogP contribution in [-0.2, 0) is 4.79 Å². The highest BCUT2D eigenvalue weighted by atomic mass is 35.5. The molecule has 0 atom stereocenters. The lowest BCUT2D eigenvalue weighted by Gasteiger charge is -2.32. The van der Waals surface area contributed by atoms with Gasteiger partial charge in [0.15, 0.2) is 0 Å². The number of rotatable bonds is 7. The number of allylic oxidation sites excluding steroid dienone is 5. The van der Waals surface area contributed by atoms with E-state index in [9.17, 15) is 18.0 Å². The molecular weight excluding hydrogens is 489 g/mol. The summed E-state index contributed by atoms with van der Waals surface area (Å²) in [5.74, 6) is -3.79. The van der Waals surface area contributed by atoms with Crippen molar-refractivity contribution in [2.45, 2.75) is 52.4 Å². The third-order valence-electron chi connectivity index (χ3n) is 6.24. The van der Waals surface area contributed by atoms with Gasteiger partial charge in [0.05, 0.1) is 12.5 Å². The average molecular weight is 519 g/mol. The Labute approximate surface area is 214 Å². The van der Waals surface area contributed by atoms with Crippen molar-refractivity contribution >= 4 is 28.8 Å². The number of nitrogens with zero attached hydrogens (tertiary/aromatic N) is 2. The smallest absolute Gasteiger partial charge is 0.273 e. The van der Waals surface area contributed by atoms with Gasteiger partial charge in [0, 0.05) is 41.9 Å². The van der Waals surface area contributed by atoms with Crippen molar-refractivity contribution in [2.75, 3.05) is 13.1 Å². The normalized spacial score (nSPS) is 17.3. The summed E-state index contributed by atoms with van der Waals surface area (Å²) in [4.78, 5) is 19.2. The fraction of sp³-hybridized carbons (Fsp3) is 0.357. The monoisotopic (exact) mass is 518 g/mol. The van der Waals surface area contributed by atoms with Crippen LogP contribution in [0, 0.1) is 5.82 Å². The van der Waals surface area contributed by atoms with Gasteiger partial charge in [0.25, 0.3) is 11.8 Å². The molecule has 1 amide bonds. The van der Waals surface area contributed by atoms with Crippen molar-refractivity contribution in [2.24, 2.45) is 4.99 Å². The van der Waals surface area contributed by atoms with Crippen LogP contribution in [0.2, 0.25) is 0 Å². The Morgan fingerprint density at radius 2 is 1.92 bits per heavy atom. The molecule has 0 N–H and O–H groups in total. The number of likely N-dealkylation sites (tertiary alicyclic amines) is 1. The molecule has 2 aromatic rings. The van der Waals surface area contributed by atoms with Gasteiger partial charge in [-0.3, -0.25) is 4.79 Å². The van der Waals surface area contributed by atoms with E-state index in [4.69, 9.17) is 16.0 Å². The lowest BCUT2D eigenvalue weighted by molar-refractivity contribution is -0.128. The van der Waals surface area contributed by atoms with Gasteiger partial charge in [-0.15, -0.1) is 0 Å². The first-order valence-electron chi connectivity index (χ1n) is 11.8. The number of carbonyl (C=O) groups excluding carboxylic acids is 1. The number of benzene rings is 1. The Morgan fingerprint density at radius 1 is 1.22 bits per heavy atom. The highest BCUT2D eigenvalue weighted by Crippen LogP contribution is 2.32. The number of furan rings is 1. The van der Waals surface area contributed by atoms with Crippen molar-refractivity contribution in [1.82, 2.24) is 4.90 Å². The van der Waals surface area contributed by atoms with Gasteiger partial charge in [0.2, 0.25) is 0 Å². The zero-order chi connectivity index (χ0) is 26.5. The van der Waals surface area contributed by atoms with Gasteiger partial charge < -0.3 is 9.32 Å². The molecule has 0 bridgehead atoms. The van der Waals surface area contributed by atoms with Gasteiger partial charge in [0.1, 0.15) is 11.5 Å². The molecule has 0 saturated carbocycles. The lowest BCUT2D eigenvalue weighted by atomic mass is 9.89. The Kier molecular flexibility index (Phi) is 9.01. The summed E-state index contributed by atoms with van der Waals surface area (Å²) in [5.41, 5.74) is 1.67. The third-order valence-corrected chi connectivity index (χ3v) is 6.42. The molecule has 0 radical (unpaired) electrons. The Morgan fingerprint density at radius 3 is 2.44 bits per heavy atom. The van der Waals surface area contributed by atoms with Crippen molar-refractivity contribution in [3.63, 3.8) is 0 Å². The predicted octanol–water partition coefficient (Wildman–Crippen LogP) is 7.74. The quantitative estimate of drug-likeness (QED) is 0.214. The van der Waals surface area contributed by atoms with E-state index in [2.05, 4.69) is 4.99 Å². The van der Waals surface area contributed by atoms with E-state index >= 15 is 0 Å². The number of carbonyl (C=O) groups is 1. The van der Waals surface area contributed by atoms with Crippen LogP contribution in [0.1, 0.15) is 57.6 Å². The SMILES string of the molecule is C\C=C(/C=C(\C(C)=N\C(C(=O)N1CCC(c2cccc(F)c2)CC1)=C(/C)Cl)C(C)(F)F)c1ccoc1. The summed E-state index contributed by atoms with van der Waals surface area (Å²) in [6.07, 6.45) is 7.28. The zero-order valence-electron chi connectivity index (χ0n) is 20.8. The van der Waals surface area contributed by atoms with E-state index in [1.165, 1.54) is 44.6 Å². The van der Waals surface area contributed by atoms with E-state index in [0.29, 0.717) is 37.1 Å². The highest BCUT2D eigenvalue weighted by Gasteiger charge is 2.32. The molecule has 1 aromatic carbocycles. The minimum absolute atomic E-state index is 0.0108. The fourth-order valence-electron chi connectivity index (χ4n) is 4.29. The van der Waals surface area contributed by atoms with Crippen molar-refractivity contribution in [3.05, 3.63) is 88.3 Å². The summed E-state index contributed by atoms with van der Waals surface area (Å²) in [5, 5.41) is 0.117. The lowest BCUT2D eigenvalue weighted by Crippen LogP contribution is -2.38. The molecule has 1 saturated heterocycles. The van der Waals surface area contributed by atoms with E-state index in [-0.39, 0.29) is 33.7 Å². The maximum absolute atomic E-state index is 14.6. The van der Waals surface area contributed by atoms with Crippen LogP contribution >= 0.6 is 11.6 Å². The van der Waals surface area contributed by atoms with Crippen molar-refractivity contribution in [1.29, 1.82) is 0 Å². The highest BCUT2D eigenvalue weighted by molar-refractivity contribution is 6.31. The minimum Gasteiger partial charge on any atom is -0.472 e. The molecular formula is C28H30ClF3N2O2. The Hall–Kier alpha value is -3.06. The van der Waals surface area contributed by atoms with Crippen LogP contribution in [0.3, 0.4) is 0 Å². The first-order valence-corrected chi connectivity index (χ1v) is 12.1. The van der Waals surface area contributed by atoms with Crippen LogP contribution in [0.15, 0.2) is 80.7 Å². The van der Waals surface area contributed by atoms with Crippen molar-refractivity contribution < 1.29 is 22.4 Å². The summed E-state index contributed by atoms with van der Waals surface area (Å²) in [6, 6.07) is 8.16. The number of aliphatic imine (C=N–C) groups is 1. The number of hydrogen-bond donors (Lipinski definition) is 0. The third kappa shape index (κ3) is 6.78. The second-order valence-electron chi connectivity index (χ2n) is 8.90. The number of amides is 1. The van der Waals surface area contributed by atoms with E-state index < -0.39 is 11.8 Å². The molecule has 1 aliphatic heterocycles. The van der Waals surface area contributed by atoms with E-state index in [0.717, 1.165) is 12.5 Å². The maximum Gasteiger partial charge on any atom is 0.273 e. The molecule has 3 rings (SSSR count). The molecule has 0 unspecified atom stereocenters. The molecule has 0 aliphatic carbocycles. The van der Waals surface area contributed by atoms with Crippen molar-refractivity contribution in [3.8, 4) is 0 Å². The molecule has 1 aliphatic rings. The molecule has 8 heteroatoms. The molecule has 4 nitrogen and oxygen atoms in total. The second-order valence-corrected chi connectivity index (χ2v) is 9.47. The summed E-state index contributed by atoms with van der Waals surface area (Å²) < 4.78 is 48.0. The molecule has 36 heavy (non-hydrogen) atoms. The molecule has 1 aromatic heterocycles. The molecule has 0 spiro atoms. The number of piperidine rings is 1. The average Bonchev–Trinajstić information content (AvgIpc) is 3.36. The summed E-state index contributed by atoms with van der Waals surface area (Å²) in [6.45, 7) is 6.34. The fourth-order valence-corrected chi connectivity index (χ4v) is 4.42. The van der Waals surface area contributed by atoms with Gasteiger partial charge >= 0.3 is 0 Å². The van der Waals surface area contributed by atoms with Crippen LogP contribution in [-0.4, -0.2) is 35.5 Å². The van der Waals surface area contributed by atoms with Crippen LogP contribution in [0.25, 0.3) is 5.57 Å². The van der Waals surface area contributed by atoms with Gasteiger partial charge in [-0.2, -0.15) is 0 Å². The number of alkyl halides is 2. The van der Waals surface area contributed by atoms with E-state index in [1.807, 2.05) is 6.07 Å². The van der Waals surface area contributed by atoms with Crippen LogP contribution in [0.5, 0.6) is 0 Å². The topological polar surface area (TPSA) is 45.8 Å². The summed E-state index contributed by atoms with van der Waals surface area (Å²) >= 11 is 6.23. The zero-order valence-corrected chi connectivity index (χ0v) is 21.6. The van der Waals surface area contributed by atoms with Gasteiger partial charge in [-0.25, -0.2) is 18.2 Å². The predicted molar refractivity (Wildman–Crippen MR) is 138 cm³/mol. The van der Waals surface area contributed by atoms with E-state index in [1.54, 1.807) is 30.0 Å². The second kappa shape index (κ2) is 11.8. The molecule has 2 heterocycles. The largest absolute Gasteiger partial charge is 0.472 e. The van der Waals surface area contributed by atoms with Crippen LogP contribution in [0.4, 0.5) is 13.2 Å². The first-order chi connectivity index (χ1) is 17.0. The number of hydrogen-bond acceptors (Lipinski definition) is 3. The van der Waals surface area contributed by atoms with Gasteiger partial charge in [-0.05, 0) is 74.9 Å². The standard InChI is InChI=1S/C28H30ClF3N2O2/c1-5-20(23-11-14-36-17-23)16-25(28(4,31)32)19(3)33-26(18(2)29)27(35)34-12-9-21(10-13-34)22-7-6-8-24(30)15-22/h5-8,11,14-17,21H,9-10,12-13H2,1-4H3/b20-5+,25-16+,26-18+,33-19+. The van der Waals surface area contributed by atoms with Crippen LogP contribution < -0.4 is 0 Å². The maximum atomic E-state index is 14.6. The Bertz CT molecular complexity index is 1200.